The Hall–Kier alpha value is -1.59. The predicted molar refractivity (Wildman–Crippen MR) is 74.6 cm³/mol. The maximum absolute atomic E-state index is 11.2. The van der Waals surface area contributed by atoms with Crippen molar-refractivity contribution in [2.45, 2.75) is 32.9 Å². The molecule has 0 heterocycles. The van der Waals surface area contributed by atoms with Gasteiger partial charge in [-0.2, -0.15) is 0 Å². The van der Waals surface area contributed by atoms with Crippen LogP contribution in [0.3, 0.4) is 0 Å². The largest absolute Gasteiger partial charge is 0.496 e. The molecule has 1 aromatic rings. The molecule has 0 fully saturated rings. The van der Waals surface area contributed by atoms with Crippen molar-refractivity contribution in [1.29, 1.82) is 0 Å². The van der Waals surface area contributed by atoms with Gasteiger partial charge in [-0.1, -0.05) is 6.07 Å². The van der Waals surface area contributed by atoms with Crippen LogP contribution in [0.15, 0.2) is 6.07 Å². The highest BCUT2D eigenvalue weighted by atomic mass is 16.5. The highest BCUT2D eigenvalue weighted by molar-refractivity contribution is 5.75. The van der Waals surface area contributed by atoms with E-state index in [2.05, 4.69) is 5.32 Å². The number of carbonyl (C=O) groups is 1. The number of rotatable bonds is 5. The van der Waals surface area contributed by atoms with Crippen LogP contribution in [0.5, 0.6) is 5.75 Å². The molecule has 1 aromatic carbocycles. The number of methoxy groups -OCH3 is 1. The second-order valence-corrected chi connectivity index (χ2v) is 4.71. The van der Waals surface area contributed by atoms with Gasteiger partial charge in [0.05, 0.1) is 13.2 Å². The van der Waals surface area contributed by atoms with Gasteiger partial charge >= 0.3 is 5.97 Å². The van der Waals surface area contributed by atoms with Gasteiger partial charge in [-0.15, -0.1) is 0 Å². The molecule has 0 amide bonds. The number of likely N-dealkylation sites (N-methyl/N-ethyl adjacent to an activating group) is 1. The summed E-state index contributed by atoms with van der Waals surface area (Å²) in [6.07, 6.45) is 0. The van der Waals surface area contributed by atoms with Gasteiger partial charge in [0.1, 0.15) is 11.8 Å². The molecule has 0 aliphatic carbocycles. The number of benzene rings is 1. The first-order valence-electron chi connectivity index (χ1n) is 6.15. The van der Waals surface area contributed by atoms with E-state index in [-0.39, 0.29) is 0 Å². The second-order valence-electron chi connectivity index (χ2n) is 4.71. The van der Waals surface area contributed by atoms with Gasteiger partial charge in [0.2, 0.25) is 0 Å². The average molecular weight is 266 g/mol. The van der Waals surface area contributed by atoms with Crippen molar-refractivity contribution < 1.29 is 14.6 Å². The van der Waals surface area contributed by atoms with Crippen LogP contribution in [0.4, 0.5) is 0 Å². The minimum absolute atomic E-state index is 0.670. The van der Waals surface area contributed by atoms with E-state index in [0.29, 0.717) is 5.75 Å². The lowest BCUT2D eigenvalue weighted by Gasteiger charge is -2.25. The van der Waals surface area contributed by atoms with Gasteiger partial charge in [0.25, 0.3) is 0 Å². The van der Waals surface area contributed by atoms with E-state index in [1.165, 1.54) is 0 Å². The maximum Gasteiger partial charge on any atom is 0.322 e. The minimum Gasteiger partial charge on any atom is -0.496 e. The Balaban J connectivity index is 3.41. The van der Waals surface area contributed by atoms with Crippen molar-refractivity contribution >= 4 is 5.97 Å². The second kappa shape index (κ2) is 6.04. The first-order chi connectivity index (χ1) is 8.84. The molecule has 0 bridgehead atoms. The molecule has 106 valence electrons. The Labute approximate surface area is 113 Å². The molecule has 2 atom stereocenters. The first-order valence-corrected chi connectivity index (χ1v) is 6.15. The van der Waals surface area contributed by atoms with Gasteiger partial charge < -0.3 is 20.9 Å². The molecule has 0 aliphatic heterocycles. The summed E-state index contributed by atoms with van der Waals surface area (Å²) in [6, 6.07) is 0.480. The third kappa shape index (κ3) is 2.88. The highest BCUT2D eigenvalue weighted by Crippen LogP contribution is 2.34. The summed E-state index contributed by atoms with van der Waals surface area (Å²) < 4.78 is 5.43. The fraction of sp³-hybridized carbons (Fsp3) is 0.500. The fourth-order valence-corrected chi connectivity index (χ4v) is 2.37. The zero-order chi connectivity index (χ0) is 14.7. The van der Waals surface area contributed by atoms with E-state index >= 15 is 0 Å². The normalized spacial score (nSPS) is 14.0. The van der Waals surface area contributed by atoms with E-state index in [1.54, 1.807) is 14.2 Å². The molecule has 1 rings (SSSR count). The third-order valence-electron chi connectivity index (χ3n) is 3.51. The molecular formula is C14H22N2O3. The number of nitrogens with two attached hydrogens (primary N) is 1. The molecule has 0 aliphatic rings. The van der Waals surface area contributed by atoms with E-state index in [9.17, 15) is 9.90 Å². The summed E-state index contributed by atoms with van der Waals surface area (Å²) in [5.41, 5.74) is 9.89. The van der Waals surface area contributed by atoms with Crippen LogP contribution in [0.1, 0.15) is 28.3 Å². The smallest absolute Gasteiger partial charge is 0.322 e. The number of aliphatic carboxylic acids is 1. The standard InChI is InChI=1S/C14H22N2O3/c1-7-6-8(2)10(13(19-5)9(7)3)11(15)12(16-4)14(17)18/h6,11-12,16H,15H2,1-5H3,(H,17,18). The van der Waals surface area contributed by atoms with E-state index in [1.807, 2.05) is 26.8 Å². The number of carboxylic acids is 1. The zero-order valence-electron chi connectivity index (χ0n) is 12.1. The Kier molecular flexibility index (Phi) is 4.91. The van der Waals surface area contributed by atoms with Crippen molar-refractivity contribution in [2.75, 3.05) is 14.2 Å². The molecule has 19 heavy (non-hydrogen) atoms. The van der Waals surface area contributed by atoms with E-state index < -0.39 is 18.1 Å². The first kappa shape index (κ1) is 15.5. The van der Waals surface area contributed by atoms with Crippen LogP contribution in [0, 0.1) is 20.8 Å². The monoisotopic (exact) mass is 266 g/mol. The Morgan fingerprint density at radius 2 is 1.95 bits per heavy atom. The van der Waals surface area contributed by atoms with Crippen molar-refractivity contribution in [2.24, 2.45) is 5.73 Å². The SMILES string of the molecule is CNC(C(=O)O)C(N)c1c(C)cc(C)c(C)c1OC. The molecule has 0 aromatic heterocycles. The Morgan fingerprint density at radius 3 is 2.37 bits per heavy atom. The molecular weight excluding hydrogens is 244 g/mol. The summed E-state index contributed by atoms with van der Waals surface area (Å²) in [6.45, 7) is 5.85. The summed E-state index contributed by atoms with van der Waals surface area (Å²) >= 11 is 0. The van der Waals surface area contributed by atoms with Crippen molar-refractivity contribution in [3.05, 3.63) is 28.3 Å². The summed E-state index contributed by atoms with van der Waals surface area (Å²) in [5, 5.41) is 11.9. The lowest BCUT2D eigenvalue weighted by Crippen LogP contribution is -2.43. The lowest BCUT2D eigenvalue weighted by molar-refractivity contribution is -0.139. The van der Waals surface area contributed by atoms with Crippen LogP contribution in [-0.4, -0.2) is 31.3 Å². The Bertz CT molecular complexity index is 486. The molecule has 2 unspecified atom stereocenters. The Morgan fingerprint density at radius 1 is 1.37 bits per heavy atom. The van der Waals surface area contributed by atoms with Gasteiger partial charge in [-0.3, -0.25) is 4.79 Å². The molecule has 4 N–H and O–H groups in total. The molecule has 0 saturated heterocycles. The molecule has 0 radical (unpaired) electrons. The summed E-state index contributed by atoms with van der Waals surface area (Å²) in [5.74, 6) is -0.304. The van der Waals surface area contributed by atoms with Gasteiger partial charge in [-0.25, -0.2) is 0 Å². The number of hydrogen-bond acceptors (Lipinski definition) is 4. The summed E-state index contributed by atoms with van der Waals surface area (Å²) in [4.78, 5) is 11.2. The number of nitrogens with one attached hydrogen (secondary N) is 1. The van der Waals surface area contributed by atoms with Crippen LogP contribution < -0.4 is 15.8 Å². The van der Waals surface area contributed by atoms with Crippen LogP contribution in [0.25, 0.3) is 0 Å². The summed E-state index contributed by atoms with van der Waals surface area (Å²) in [7, 11) is 3.16. The molecule has 5 heteroatoms. The average Bonchev–Trinajstić information content (AvgIpc) is 2.33. The third-order valence-corrected chi connectivity index (χ3v) is 3.51. The van der Waals surface area contributed by atoms with Crippen molar-refractivity contribution in [3.8, 4) is 5.75 Å². The van der Waals surface area contributed by atoms with Gasteiger partial charge in [0.15, 0.2) is 0 Å². The van der Waals surface area contributed by atoms with Crippen LogP contribution in [0.2, 0.25) is 0 Å². The quantitative estimate of drug-likeness (QED) is 0.748. The maximum atomic E-state index is 11.2. The number of aryl methyl sites for hydroxylation is 2. The minimum atomic E-state index is -0.977. The number of ether oxygens (including phenoxy) is 1. The van der Waals surface area contributed by atoms with Crippen LogP contribution in [-0.2, 0) is 4.79 Å². The highest BCUT2D eigenvalue weighted by Gasteiger charge is 2.29. The molecule has 0 spiro atoms. The molecule has 0 saturated carbocycles. The van der Waals surface area contributed by atoms with Crippen molar-refractivity contribution in [1.82, 2.24) is 5.32 Å². The number of hydrogen-bond donors (Lipinski definition) is 3. The van der Waals surface area contributed by atoms with Crippen molar-refractivity contribution in [3.63, 3.8) is 0 Å². The van der Waals surface area contributed by atoms with Gasteiger partial charge in [-0.05, 0) is 44.5 Å². The van der Waals surface area contributed by atoms with Crippen LogP contribution >= 0.6 is 0 Å². The van der Waals surface area contributed by atoms with E-state index in [0.717, 1.165) is 22.3 Å². The van der Waals surface area contributed by atoms with E-state index in [4.69, 9.17) is 10.5 Å². The fourth-order valence-electron chi connectivity index (χ4n) is 2.37. The topological polar surface area (TPSA) is 84.6 Å². The lowest BCUT2D eigenvalue weighted by atomic mass is 9.91. The molecule has 5 nitrogen and oxygen atoms in total. The zero-order valence-corrected chi connectivity index (χ0v) is 12.1. The number of carboxylic acid groups (broad SMARTS) is 1. The predicted octanol–water partition coefficient (Wildman–Crippen LogP) is 1.29. The van der Waals surface area contributed by atoms with Gasteiger partial charge in [0, 0.05) is 5.56 Å².